The Morgan fingerprint density at radius 3 is 2.45 bits per heavy atom. The molecule has 8 rings (SSSR count). The molecule has 55 heavy (non-hydrogen) atoms. The highest BCUT2D eigenvalue weighted by atomic mass is 16.4. The van der Waals surface area contributed by atoms with E-state index in [1.54, 1.807) is 64.5 Å². The highest BCUT2D eigenvalue weighted by molar-refractivity contribution is 5.93. The Morgan fingerprint density at radius 1 is 0.909 bits per heavy atom. The molecule has 3 atom stereocenters. The summed E-state index contributed by atoms with van der Waals surface area (Å²) in [4.78, 5) is 51.6. The molecule has 0 bridgehead atoms. The van der Waals surface area contributed by atoms with E-state index < -0.39 is 16.8 Å². The van der Waals surface area contributed by atoms with Crippen molar-refractivity contribution in [3.63, 3.8) is 0 Å². The summed E-state index contributed by atoms with van der Waals surface area (Å²) in [7, 11) is 1.76. The summed E-state index contributed by atoms with van der Waals surface area (Å²) in [5.74, 6) is 0.0501. The number of carbonyl (C=O) groups is 3. The van der Waals surface area contributed by atoms with Crippen LogP contribution in [-0.4, -0.2) is 89.9 Å². The quantitative estimate of drug-likeness (QED) is 0.188. The van der Waals surface area contributed by atoms with E-state index in [-0.39, 0.29) is 62.2 Å². The van der Waals surface area contributed by atoms with Gasteiger partial charge in [0.15, 0.2) is 0 Å². The fourth-order valence-electron chi connectivity index (χ4n) is 7.35. The van der Waals surface area contributed by atoms with E-state index in [1.807, 2.05) is 91.0 Å². The van der Waals surface area contributed by atoms with Crippen molar-refractivity contribution in [2.45, 2.75) is 31.8 Å². The number of quaternary nitrogens is 1. The van der Waals surface area contributed by atoms with Crippen molar-refractivity contribution in [2.75, 3.05) is 20.1 Å². The molecule has 0 radical (unpaired) electrons. The number of fused-ring (bicyclic) bond motifs is 2. The van der Waals surface area contributed by atoms with Crippen LogP contribution >= 0.6 is 0 Å². The number of pyridine rings is 1. The predicted molar refractivity (Wildman–Crippen MR) is 204 cm³/mol. The number of nitrogens with zero attached hydrogens (tertiary/aromatic N) is 7. The zero-order valence-electron chi connectivity index (χ0n) is 30.1. The lowest BCUT2D eigenvalue weighted by Crippen LogP contribution is -2.82. The molecule has 2 saturated heterocycles. The van der Waals surface area contributed by atoms with Gasteiger partial charge in [-0.3, -0.25) is 24.8 Å². The van der Waals surface area contributed by atoms with Crippen molar-refractivity contribution < 1.29 is 28.5 Å². The first-order valence-corrected chi connectivity index (χ1v) is 18.0. The lowest BCUT2D eigenvalue weighted by Gasteiger charge is -2.56. The van der Waals surface area contributed by atoms with Crippen LogP contribution in [0.25, 0.3) is 28.4 Å². The first kappa shape index (κ1) is 35.3. The van der Waals surface area contributed by atoms with E-state index in [0.717, 1.165) is 33.2 Å². The van der Waals surface area contributed by atoms with E-state index in [9.17, 15) is 19.5 Å². The Bertz CT molecular complexity index is 2360. The molecule has 276 valence electrons. The largest absolute Gasteiger partial charge is 0.508 e. The number of rotatable bonds is 9. The minimum Gasteiger partial charge on any atom is -0.508 e. The van der Waals surface area contributed by atoms with Gasteiger partial charge < -0.3 is 14.4 Å². The number of aromatic hydroxyl groups is 1. The molecule has 4 amide bonds. The first-order valence-electron chi connectivity index (χ1n) is 18.0. The Balaban J connectivity index is 1.20. The standard InChI is InChI=1S/C42H38N8O5/c1-50(42(54)44-24-30-10-4-2-5-11-30)38-27-47(25-32-14-8-16-35-34(32)15-9-23-43-35)41(53)36(22-19-29-17-20-33(51)21-18-29)49(38)39(52)28-48(50)26-37-45-46-40(55-37)31-12-6-3-7-13-31/h2-23,36,38H,24-28H2,1H3,(H-,44,51,54)/p+1/b22-19+. The van der Waals surface area contributed by atoms with Crippen molar-refractivity contribution in [2.24, 2.45) is 0 Å². The number of phenolic OH excluding ortho intramolecular Hbond substituents is 1. The predicted octanol–water partition coefficient (Wildman–Crippen LogP) is 5.36. The third-order valence-electron chi connectivity index (χ3n) is 10.3. The van der Waals surface area contributed by atoms with Gasteiger partial charge in [0.2, 0.25) is 29.8 Å². The minimum atomic E-state index is -1.04. The third-order valence-corrected chi connectivity index (χ3v) is 10.3. The van der Waals surface area contributed by atoms with Crippen LogP contribution in [0.2, 0.25) is 0 Å². The van der Waals surface area contributed by atoms with Crippen molar-refractivity contribution in [1.29, 1.82) is 0 Å². The highest BCUT2D eigenvalue weighted by Gasteiger charge is 2.60. The van der Waals surface area contributed by atoms with Crippen LogP contribution in [0.5, 0.6) is 5.75 Å². The van der Waals surface area contributed by atoms with Gasteiger partial charge in [0.25, 0.3) is 0 Å². The molecule has 2 aliphatic rings. The van der Waals surface area contributed by atoms with Gasteiger partial charge in [-0.15, -0.1) is 19.8 Å². The number of carbonyl (C=O) groups excluding carboxylic acids is 3. The lowest BCUT2D eigenvalue weighted by atomic mass is 10.0. The highest BCUT2D eigenvalue weighted by Crippen LogP contribution is 2.35. The van der Waals surface area contributed by atoms with Crippen LogP contribution < -0.4 is 5.32 Å². The van der Waals surface area contributed by atoms with Gasteiger partial charge in [-0.1, -0.05) is 91.0 Å². The summed E-state index contributed by atoms with van der Waals surface area (Å²) >= 11 is 0. The molecule has 4 heterocycles. The van der Waals surface area contributed by atoms with Crippen molar-refractivity contribution >= 4 is 34.8 Å². The Labute approximate surface area is 317 Å². The topological polar surface area (TPSA) is 145 Å². The van der Waals surface area contributed by atoms with Gasteiger partial charge in [0.1, 0.15) is 24.9 Å². The molecule has 13 heteroatoms. The number of piperazine rings is 1. The Morgan fingerprint density at radius 2 is 1.67 bits per heavy atom. The van der Waals surface area contributed by atoms with Gasteiger partial charge in [0, 0.05) is 30.2 Å². The van der Waals surface area contributed by atoms with Gasteiger partial charge >= 0.3 is 6.03 Å². The fourth-order valence-corrected chi connectivity index (χ4v) is 7.35. The molecule has 2 aliphatic heterocycles. The zero-order valence-corrected chi connectivity index (χ0v) is 30.1. The molecule has 3 unspecified atom stereocenters. The van der Waals surface area contributed by atoms with Gasteiger partial charge in [-0.25, -0.2) is 4.79 Å². The van der Waals surface area contributed by atoms with Crippen molar-refractivity contribution in [3.8, 4) is 17.2 Å². The van der Waals surface area contributed by atoms with E-state index in [1.165, 1.54) is 0 Å². The van der Waals surface area contributed by atoms with Crippen LogP contribution in [0.1, 0.15) is 22.6 Å². The zero-order chi connectivity index (χ0) is 37.9. The second-order valence-corrected chi connectivity index (χ2v) is 13.7. The smallest absolute Gasteiger partial charge is 0.438 e. The number of hydrogen-bond donors (Lipinski definition) is 2. The second kappa shape index (κ2) is 15.0. The molecule has 0 saturated carbocycles. The molecule has 2 aromatic heterocycles. The van der Waals surface area contributed by atoms with Crippen LogP contribution in [-0.2, 0) is 29.2 Å². The third kappa shape index (κ3) is 7.05. The van der Waals surface area contributed by atoms with Crippen LogP contribution in [0, 0.1) is 0 Å². The molecular formula is C42H39N8O5+. The Kier molecular flexibility index (Phi) is 9.62. The molecule has 2 N–H and O–H groups in total. The van der Waals surface area contributed by atoms with E-state index in [2.05, 4.69) is 20.5 Å². The summed E-state index contributed by atoms with van der Waals surface area (Å²) in [5.41, 5.74) is 4.06. The molecule has 13 nitrogen and oxygen atoms in total. The van der Waals surface area contributed by atoms with Crippen molar-refractivity contribution in [1.82, 2.24) is 35.3 Å². The first-order chi connectivity index (χ1) is 26.8. The second-order valence-electron chi connectivity index (χ2n) is 13.7. The molecule has 0 aliphatic carbocycles. The summed E-state index contributed by atoms with van der Waals surface area (Å²) < 4.78 is 5.68. The van der Waals surface area contributed by atoms with Crippen LogP contribution in [0.3, 0.4) is 0 Å². The van der Waals surface area contributed by atoms with Gasteiger partial charge in [-0.05, 0) is 53.1 Å². The maximum absolute atomic E-state index is 14.8. The number of likely N-dealkylation sites (N-methyl/N-ethyl adjacent to an activating group) is 1. The van der Waals surface area contributed by atoms with Gasteiger partial charge in [0.05, 0.1) is 19.1 Å². The van der Waals surface area contributed by atoms with Gasteiger partial charge in [-0.2, -0.15) is 0 Å². The Hall–Kier alpha value is -6.70. The molecular weight excluding hydrogens is 697 g/mol. The average molecular weight is 736 g/mol. The lowest BCUT2D eigenvalue weighted by molar-refractivity contribution is -0.985. The monoisotopic (exact) mass is 735 g/mol. The summed E-state index contributed by atoms with van der Waals surface area (Å²) in [6, 6.07) is 33.7. The minimum absolute atomic E-state index is 0.0118. The summed E-state index contributed by atoms with van der Waals surface area (Å²) in [5, 5.41) is 24.2. The summed E-state index contributed by atoms with van der Waals surface area (Å²) in [6.45, 7) is 0.300. The normalized spacial score (nSPS) is 20.2. The average Bonchev–Trinajstić information content (AvgIpc) is 3.69. The number of aromatic nitrogens is 3. The number of nitrogens with one attached hydrogen (secondary N) is 1. The number of urea groups is 1. The molecule has 0 spiro atoms. The molecule has 4 aromatic carbocycles. The number of amides is 4. The number of benzene rings is 4. The van der Waals surface area contributed by atoms with Crippen LogP contribution in [0.4, 0.5) is 4.79 Å². The molecule has 6 aromatic rings. The van der Waals surface area contributed by atoms with E-state index in [0.29, 0.717) is 5.89 Å². The number of hydrogen-bond acceptors (Lipinski definition) is 9. The van der Waals surface area contributed by atoms with Crippen molar-refractivity contribution in [3.05, 3.63) is 150 Å². The fraction of sp³-hybridized carbons (Fsp3) is 0.190. The maximum atomic E-state index is 14.8. The molecule has 2 fully saturated rings. The van der Waals surface area contributed by atoms with E-state index >= 15 is 0 Å². The number of phenols is 1. The maximum Gasteiger partial charge on any atom is 0.438 e. The SMILES string of the molecule is C[N+]1(C(=O)NCc2ccccc2)C2CN(Cc3cccc4ncccc34)C(=O)C(/C=C/c3ccc(O)cc3)N2C(=O)CN1Cc1nnc(-c2ccccc2)o1. The summed E-state index contributed by atoms with van der Waals surface area (Å²) in [6.07, 6.45) is 4.33. The van der Waals surface area contributed by atoms with E-state index in [4.69, 9.17) is 4.42 Å². The van der Waals surface area contributed by atoms with Crippen LogP contribution in [0.15, 0.2) is 132 Å².